The number of Topliss-reactive ketones (excluding diaryl/α,β-unsaturated/α-hetero) is 1. The lowest BCUT2D eigenvalue weighted by molar-refractivity contribution is -0.131. The van der Waals surface area contributed by atoms with Crippen LogP contribution in [0.1, 0.15) is 36.6 Å². The van der Waals surface area contributed by atoms with Crippen molar-refractivity contribution in [3.8, 4) is 5.75 Å². The lowest BCUT2D eigenvalue weighted by Gasteiger charge is -2.37. The van der Waals surface area contributed by atoms with Crippen LogP contribution >= 0.6 is 11.6 Å². The number of nitrogens with zero attached hydrogens (tertiary/aromatic N) is 2. The number of carbonyl (C=O) groups excluding carboxylic acids is 2. The number of ketones is 1. The monoisotopic (exact) mass is 428 g/mol. The van der Waals surface area contributed by atoms with Crippen LogP contribution in [0.15, 0.2) is 46.2 Å². The highest BCUT2D eigenvalue weighted by Gasteiger charge is 2.53. The van der Waals surface area contributed by atoms with Gasteiger partial charge in [-0.15, -0.1) is 11.6 Å². The molecule has 156 valence electrons. The Balaban J connectivity index is 1.65. The van der Waals surface area contributed by atoms with E-state index < -0.39 is 6.04 Å². The second kappa shape index (κ2) is 7.16. The summed E-state index contributed by atoms with van der Waals surface area (Å²) >= 11 is 6.35. The Kier molecular flexibility index (Phi) is 4.58. The molecule has 1 amide bonds. The molecule has 5 rings (SSSR count). The molecular weight excluding hydrogens is 408 g/mol. The van der Waals surface area contributed by atoms with Gasteiger partial charge in [-0.3, -0.25) is 14.5 Å². The van der Waals surface area contributed by atoms with E-state index in [9.17, 15) is 9.59 Å². The lowest BCUT2D eigenvalue weighted by atomic mass is 9.77. The van der Waals surface area contributed by atoms with Gasteiger partial charge in [-0.1, -0.05) is 17.3 Å². The molecule has 4 unspecified atom stereocenters. The molecule has 3 aliphatic rings. The van der Waals surface area contributed by atoms with E-state index in [-0.39, 0.29) is 34.8 Å². The van der Waals surface area contributed by atoms with Crippen molar-refractivity contribution in [3.05, 3.63) is 53.0 Å². The summed E-state index contributed by atoms with van der Waals surface area (Å²) in [5, 5.41) is 3.97. The lowest BCUT2D eigenvalue weighted by Crippen LogP contribution is -2.41. The first-order valence-electron chi connectivity index (χ1n) is 9.98. The van der Waals surface area contributed by atoms with E-state index in [2.05, 4.69) is 5.16 Å². The van der Waals surface area contributed by atoms with Crippen LogP contribution in [-0.4, -0.2) is 35.4 Å². The molecule has 3 heterocycles. The zero-order valence-corrected chi connectivity index (χ0v) is 17.4. The third kappa shape index (κ3) is 2.91. The third-order valence-electron chi connectivity index (χ3n) is 6.06. The van der Waals surface area contributed by atoms with Gasteiger partial charge in [-0.05, 0) is 43.9 Å². The molecule has 0 radical (unpaired) electrons. The first-order valence-corrected chi connectivity index (χ1v) is 10.4. The molecule has 0 N–H and O–H groups in total. The van der Waals surface area contributed by atoms with Crippen LogP contribution in [0.25, 0.3) is 0 Å². The van der Waals surface area contributed by atoms with Gasteiger partial charge in [-0.25, -0.2) is 0 Å². The molecule has 1 fully saturated rings. The molecule has 1 aliphatic carbocycles. The molecular formula is C22H21ClN2O5. The normalized spacial score (nSPS) is 28.3. The van der Waals surface area contributed by atoms with Crippen molar-refractivity contribution in [2.24, 2.45) is 5.92 Å². The number of hydrogen-bond donors (Lipinski definition) is 0. The van der Waals surface area contributed by atoms with Crippen molar-refractivity contribution in [2.45, 2.75) is 43.7 Å². The minimum absolute atomic E-state index is 0.0670. The number of aryl methyl sites for hydroxylation is 1. The van der Waals surface area contributed by atoms with Crippen molar-refractivity contribution >= 4 is 29.1 Å². The first-order chi connectivity index (χ1) is 14.5. The van der Waals surface area contributed by atoms with Crippen molar-refractivity contribution in [1.29, 1.82) is 0 Å². The quantitative estimate of drug-likeness (QED) is 0.693. The van der Waals surface area contributed by atoms with Crippen LogP contribution in [0.5, 0.6) is 5.75 Å². The minimum Gasteiger partial charge on any atom is -0.497 e. The van der Waals surface area contributed by atoms with Gasteiger partial charge in [0.25, 0.3) is 5.91 Å². The number of methoxy groups -OCH3 is 1. The second-order valence-electron chi connectivity index (χ2n) is 7.93. The number of alkyl halides is 1. The molecule has 1 aromatic heterocycles. The van der Waals surface area contributed by atoms with E-state index >= 15 is 0 Å². The molecule has 0 bridgehead atoms. The summed E-state index contributed by atoms with van der Waals surface area (Å²) in [6.45, 7) is 1.75. The van der Waals surface area contributed by atoms with Gasteiger partial charge in [0.05, 0.1) is 24.6 Å². The van der Waals surface area contributed by atoms with Crippen LogP contribution in [0, 0.1) is 12.8 Å². The van der Waals surface area contributed by atoms with Gasteiger partial charge >= 0.3 is 0 Å². The number of hydrogen-bond acceptors (Lipinski definition) is 6. The Morgan fingerprint density at radius 1 is 1.23 bits per heavy atom. The van der Waals surface area contributed by atoms with Gasteiger partial charge in [0, 0.05) is 11.4 Å². The van der Waals surface area contributed by atoms with Crippen molar-refractivity contribution in [3.63, 3.8) is 0 Å². The molecule has 1 saturated carbocycles. The topological polar surface area (TPSA) is 81.9 Å². The second-order valence-corrected chi connectivity index (χ2v) is 8.55. The minimum atomic E-state index is -0.670. The fourth-order valence-electron chi connectivity index (χ4n) is 4.65. The summed E-state index contributed by atoms with van der Waals surface area (Å²) in [4.78, 5) is 28.5. The van der Waals surface area contributed by atoms with E-state index in [1.807, 2.05) is 24.3 Å². The highest BCUT2D eigenvalue weighted by molar-refractivity contribution is 6.21. The maximum Gasteiger partial charge on any atom is 0.295 e. The smallest absolute Gasteiger partial charge is 0.295 e. The van der Waals surface area contributed by atoms with Crippen LogP contribution < -0.4 is 9.64 Å². The summed E-state index contributed by atoms with van der Waals surface area (Å²) in [5.41, 5.74) is 1.10. The van der Waals surface area contributed by atoms with Gasteiger partial charge in [0.1, 0.15) is 17.6 Å². The number of anilines is 1. The van der Waals surface area contributed by atoms with Crippen LogP contribution in [0.4, 0.5) is 5.82 Å². The first kappa shape index (κ1) is 19.2. The predicted molar refractivity (Wildman–Crippen MR) is 108 cm³/mol. The summed E-state index contributed by atoms with van der Waals surface area (Å²) in [5.74, 6) is 0.849. The van der Waals surface area contributed by atoms with Crippen molar-refractivity contribution in [1.82, 2.24) is 5.16 Å². The zero-order chi connectivity index (χ0) is 21.0. The van der Waals surface area contributed by atoms with Crippen LogP contribution in [-0.2, 0) is 14.3 Å². The molecule has 2 aromatic rings. The largest absolute Gasteiger partial charge is 0.497 e. The van der Waals surface area contributed by atoms with Gasteiger partial charge in [0.15, 0.2) is 17.4 Å². The Hall–Kier alpha value is -2.80. The van der Waals surface area contributed by atoms with Gasteiger partial charge in [0.2, 0.25) is 0 Å². The number of rotatable bonds is 3. The number of halogens is 1. The van der Waals surface area contributed by atoms with Crippen LogP contribution in [0.3, 0.4) is 0 Å². The molecule has 2 aliphatic heterocycles. The molecule has 8 heteroatoms. The molecule has 7 nitrogen and oxygen atoms in total. The maximum absolute atomic E-state index is 13.6. The fraction of sp³-hybridized carbons (Fsp3) is 0.409. The van der Waals surface area contributed by atoms with E-state index in [0.717, 1.165) is 12.0 Å². The zero-order valence-electron chi connectivity index (χ0n) is 16.6. The molecule has 4 atom stereocenters. The summed E-state index contributed by atoms with van der Waals surface area (Å²) in [7, 11) is 1.57. The predicted octanol–water partition coefficient (Wildman–Crippen LogP) is 3.71. The molecule has 0 saturated heterocycles. The number of carbonyl (C=O) groups is 2. The van der Waals surface area contributed by atoms with Crippen LogP contribution in [0.2, 0.25) is 0 Å². The number of amides is 1. The summed E-state index contributed by atoms with van der Waals surface area (Å²) < 4.78 is 16.7. The number of aromatic nitrogens is 1. The van der Waals surface area contributed by atoms with Crippen molar-refractivity contribution in [2.75, 3.05) is 12.0 Å². The Labute approximate surface area is 178 Å². The number of ether oxygens (including phenoxy) is 2. The Morgan fingerprint density at radius 3 is 2.80 bits per heavy atom. The average Bonchev–Trinajstić information content (AvgIpc) is 3.30. The highest BCUT2D eigenvalue weighted by Crippen LogP contribution is 2.48. The fourth-order valence-corrected chi connectivity index (χ4v) is 4.96. The van der Waals surface area contributed by atoms with Crippen molar-refractivity contribution < 1.29 is 23.6 Å². The SMILES string of the molecule is COc1cccc(C2C3=C(OC4CCC(Cl)CC4C3=O)C(=O)N2c2cc(C)on2)c1. The number of benzene rings is 1. The van der Waals surface area contributed by atoms with E-state index in [0.29, 0.717) is 35.7 Å². The Bertz CT molecular complexity index is 1060. The Morgan fingerprint density at radius 2 is 2.07 bits per heavy atom. The van der Waals surface area contributed by atoms with E-state index in [1.165, 1.54) is 4.90 Å². The third-order valence-corrected chi connectivity index (χ3v) is 6.45. The molecule has 1 aromatic carbocycles. The average molecular weight is 429 g/mol. The summed E-state index contributed by atoms with van der Waals surface area (Å²) in [6, 6.07) is 8.33. The van der Waals surface area contributed by atoms with Gasteiger partial charge < -0.3 is 14.0 Å². The molecule has 30 heavy (non-hydrogen) atoms. The van der Waals surface area contributed by atoms with E-state index in [4.69, 9.17) is 25.6 Å². The summed E-state index contributed by atoms with van der Waals surface area (Å²) in [6.07, 6.45) is 1.64. The standard InChI is InChI=1S/C22H21ClN2O5/c1-11-8-17(24-30-11)25-19(12-4-3-5-14(9-12)28-2)18-20(26)15-10-13(23)6-7-16(15)29-21(18)22(25)27/h3-5,8-9,13,15-16,19H,6-7,10H2,1-2H3. The van der Waals surface area contributed by atoms with E-state index in [1.54, 1.807) is 20.1 Å². The maximum atomic E-state index is 13.6. The number of fused-ring (bicyclic) bond motifs is 1. The van der Waals surface area contributed by atoms with Gasteiger partial charge in [-0.2, -0.15) is 0 Å². The molecule has 0 spiro atoms. The highest BCUT2D eigenvalue weighted by atomic mass is 35.5.